The molecule has 94 valence electrons. The van der Waals surface area contributed by atoms with E-state index < -0.39 is 0 Å². The van der Waals surface area contributed by atoms with Gasteiger partial charge in [0.05, 0.1) is 7.11 Å². The van der Waals surface area contributed by atoms with E-state index in [2.05, 4.69) is 6.58 Å². The summed E-state index contributed by atoms with van der Waals surface area (Å²) in [6, 6.07) is 0. The van der Waals surface area contributed by atoms with E-state index in [4.69, 9.17) is 4.74 Å². The number of carbonyl (C=O) groups excluding carboxylic acids is 1. The van der Waals surface area contributed by atoms with Crippen LogP contribution in [-0.4, -0.2) is 13.1 Å². The molecule has 4 saturated carbocycles. The van der Waals surface area contributed by atoms with Crippen LogP contribution in [0.5, 0.6) is 0 Å². The minimum absolute atomic E-state index is 0.208. The molecule has 17 heavy (non-hydrogen) atoms. The van der Waals surface area contributed by atoms with Gasteiger partial charge in [-0.15, -0.1) is 0 Å². The molecular formula is C15H22O2. The zero-order valence-corrected chi connectivity index (χ0v) is 10.7. The Kier molecular flexibility index (Phi) is 2.57. The molecule has 4 aliphatic carbocycles. The molecule has 0 atom stereocenters. The van der Waals surface area contributed by atoms with Crippen molar-refractivity contribution in [3.63, 3.8) is 0 Å². The fourth-order valence-electron chi connectivity index (χ4n) is 5.18. The van der Waals surface area contributed by atoms with E-state index >= 15 is 0 Å². The van der Waals surface area contributed by atoms with E-state index in [1.54, 1.807) is 0 Å². The first-order chi connectivity index (χ1) is 8.10. The maximum absolute atomic E-state index is 11.5. The Morgan fingerprint density at radius 1 is 1.18 bits per heavy atom. The number of hydrogen-bond acceptors (Lipinski definition) is 2. The van der Waals surface area contributed by atoms with Gasteiger partial charge < -0.3 is 4.74 Å². The van der Waals surface area contributed by atoms with Crippen LogP contribution in [0.3, 0.4) is 0 Å². The van der Waals surface area contributed by atoms with Crippen molar-refractivity contribution in [2.24, 2.45) is 23.2 Å². The molecule has 0 N–H and O–H groups in total. The van der Waals surface area contributed by atoms with Crippen LogP contribution >= 0.6 is 0 Å². The molecule has 2 nitrogen and oxygen atoms in total. The first kappa shape index (κ1) is 11.3. The molecule has 0 aromatic carbocycles. The summed E-state index contributed by atoms with van der Waals surface area (Å²) in [6.07, 6.45) is 9.21. The lowest BCUT2D eigenvalue weighted by atomic mass is 9.48. The monoisotopic (exact) mass is 234 g/mol. The number of carbonyl (C=O) groups is 1. The predicted octanol–water partition coefficient (Wildman–Crippen LogP) is 3.32. The van der Waals surface area contributed by atoms with E-state index in [1.165, 1.54) is 45.6 Å². The number of esters is 1. The van der Waals surface area contributed by atoms with Gasteiger partial charge in [-0.05, 0) is 68.1 Å². The highest BCUT2D eigenvalue weighted by atomic mass is 16.5. The fourth-order valence-corrected chi connectivity index (χ4v) is 5.18. The maximum Gasteiger partial charge on any atom is 0.333 e. The average molecular weight is 234 g/mol. The highest BCUT2D eigenvalue weighted by Gasteiger charge is 2.51. The van der Waals surface area contributed by atoms with Crippen LogP contribution in [0, 0.1) is 23.2 Å². The average Bonchev–Trinajstić information content (AvgIpc) is 2.25. The zero-order valence-electron chi connectivity index (χ0n) is 10.7. The summed E-state index contributed by atoms with van der Waals surface area (Å²) in [5.41, 5.74) is 1.09. The van der Waals surface area contributed by atoms with Crippen LogP contribution in [-0.2, 0) is 9.53 Å². The van der Waals surface area contributed by atoms with Crippen molar-refractivity contribution in [1.82, 2.24) is 0 Å². The normalized spacial score (nSPS) is 42.5. The quantitative estimate of drug-likeness (QED) is 0.553. The lowest BCUT2D eigenvalue weighted by molar-refractivity contribution is -0.137. The van der Waals surface area contributed by atoms with Crippen LogP contribution in [0.1, 0.15) is 44.9 Å². The standard InChI is InChI=1S/C15H22O2/c1-10(14(16)17-2)6-15-7-11-3-12(8-15)5-13(4-11)9-15/h11-13H,1,3-9H2,2H3. The minimum atomic E-state index is -0.208. The van der Waals surface area contributed by atoms with Gasteiger partial charge in [0, 0.05) is 5.57 Å². The Labute approximate surface area is 103 Å². The van der Waals surface area contributed by atoms with Crippen LogP contribution in [0.25, 0.3) is 0 Å². The highest BCUT2D eigenvalue weighted by Crippen LogP contribution is 2.61. The summed E-state index contributed by atoms with van der Waals surface area (Å²) in [5, 5.41) is 0. The molecule has 0 heterocycles. The molecule has 0 unspecified atom stereocenters. The number of hydrogen-bond donors (Lipinski definition) is 0. The molecule has 0 amide bonds. The van der Waals surface area contributed by atoms with Crippen molar-refractivity contribution in [3.8, 4) is 0 Å². The third kappa shape index (κ3) is 1.92. The van der Waals surface area contributed by atoms with Crippen LogP contribution < -0.4 is 0 Å². The summed E-state index contributed by atoms with van der Waals surface area (Å²) in [6.45, 7) is 3.93. The summed E-state index contributed by atoms with van der Waals surface area (Å²) in [7, 11) is 1.45. The van der Waals surface area contributed by atoms with Crippen molar-refractivity contribution in [2.45, 2.75) is 44.9 Å². The molecule has 0 aliphatic heterocycles. The molecule has 4 fully saturated rings. The van der Waals surface area contributed by atoms with Gasteiger partial charge in [-0.3, -0.25) is 0 Å². The molecule has 4 bridgehead atoms. The summed E-state index contributed by atoms with van der Waals surface area (Å²) >= 11 is 0. The Bertz CT molecular complexity index is 321. The maximum atomic E-state index is 11.5. The van der Waals surface area contributed by atoms with Crippen LogP contribution in [0.2, 0.25) is 0 Å². The first-order valence-corrected chi connectivity index (χ1v) is 6.86. The summed E-state index contributed by atoms with van der Waals surface area (Å²) in [4.78, 5) is 11.5. The molecule has 4 rings (SSSR count). The molecule has 0 saturated heterocycles. The van der Waals surface area contributed by atoms with Crippen molar-refractivity contribution in [3.05, 3.63) is 12.2 Å². The first-order valence-electron chi connectivity index (χ1n) is 6.86. The summed E-state index contributed by atoms with van der Waals surface area (Å²) in [5.74, 6) is 2.60. The SMILES string of the molecule is C=C(CC12CC3CC(CC(C3)C1)C2)C(=O)OC. The molecule has 2 heteroatoms. The minimum Gasteiger partial charge on any atom is -0.466 e. The second-order valence-electron chi connectivity index (χ2n) is 6.69. The van der Waals surface area contributed by atoms with Gasteiger partial charge in [0.1, 0.15) is 0 Å². The third-order valence-electron chi connectivity index (χ3n) is 5.23. The topological polar surface area (TPSA) is 26.3 Å². The highest BCUT2D eigenvalue weighted by molar-refractivity contribution is 5.87. The lowest BCUT2D eigenvalue weighted by Gasteiger charge is -2.57. The van der Waals surface area contributed by atoms with Crippen LogP contribution in [0.15, 0.2) is 12.2 Å². The number of methoxy groups -OCH3 is 1. The Morgan fingerprint density at radius 2 is 1.65 bits per heavy atom. The van der Waals surface area contributed by atoms with Crippen molar-refractivity contribution in [1.29, 1.82) is 0 Å². The molecular weight excluding hydrogens is 212 g/mol. The van der Waals surface area contributed by atoms with Crippen molar-refractivity contribution >= 4 is 5.97 Å². The van der Waals surface area contributed by atoms with Gasteiger partial charge in [0.15, 0.2) is 0 Å². The Morgan fingerprint density at radius 3 is 2.06 bits per heavy atom. The Balaban J connectivity index is 1.74. The lowest BCUT2D eigenvalue weighted by Crippen LogP contribution is -2.46. The van der Waals surface area contributed by atoms with E-state index in [9.17, 15) is 4.79 Å². The predicted molar refractivity (Wildman–Crippen MR) is 66.4 cm³/mol. The second-order valence-corrected chi connectivity index (χ2v) is 6.69. The number of ether oxygens (including phenoxy) is 1. The third-order valence-corrected chi connectivity index (χ3v) is 5.23. The van der Waals surface area contributed by atoms with Crippen LogP contribution in [0.4, 0.5) is 0 Å². The molecule has 0 aromatic heterocycles. The van der Waals surface area contributed by atoms with E-state index in [0.717, 1.165) is 24.2 Å². The van der Waals surface area contributed by atoms with Crippen molar-refractivity contribution < 1.29 is 9.53 Å². The van der Waals surface area contributed by atoms with Gasteiger partial charge in [-0.1, -0.05) is 6.58 Å². The largest absolute Gasteiger partial charge is 0.466 e. The van der Waals surface area contributed by atoms with Gasteiger partial charge in [0.25, 0.3) is 0 Å². The summed E-state index contributed by atoms with van der Waals surface area (Å²) < 4.78 is 4.79. The molecule has 0 radical (unpaired) electrons. The van der Waals surface area contributed by atoms with Gasteiger partial charge >= 0.3 is 5.97 Å². The molecule has 0 spiro atoms. The fraction of sp³-hybridized carbons (Fsp3) is 0.800. The van der Waals surface area contributed by atoms with Crippen molar-refractivity contribution in [2.75, 3.05) is 7.11 Å². The Hall–Kier alpha value is -0.790. The van der Waals surface area contributed by atoms with Gasteiger partial charge in [-0.2, -0.15) is 0 Å². The smallest absolute Gasteiger partial charge is 0.333 e. The van der Waals surface area contributed by atoms with Gasteiger partial charge in [-0.25, -0.2) is 4.79 Å². The van der Waals surface area contributed by atoms with E-state index in [0.29, 0.717) is 11.0 Å². The van der Waals surface area contributed by atoms with E-state index in [-0.39, 0.29) is 5.97 Å². The zero-order chi connectivity index (χ0) is 12.0. The number of rotatable bonds is 3. The second kappa shape index (κ2) is 3.86. The molecule has 4 aliphatic rings. The van der Waals surface area contributed by atoms with E-state index in [1.807, 2.05) is 0 Å². The van der Waals surface area contributed by atoms with Gasteiger partial charge in [0.2, 0.25) is 0 Å². The molecule has 0 aromatic rings.